The summed E-state index contributed by atoms with van der Waals surface area (Å²) in [6.07, 6.45) is 5.71. The Labute approximate surface area is 129 Å². The maximum absolute atomic E-state index is 13.5. The largest absolute Gasteiger partial charge is 0.494 e. The van der Waals surface area contributed by atoms with Crippen LogP contribution in [0, 0.1) is 12.7 Å². The first-order valence-corrected chi connectivity index (χ1v) is 7.77. The molecule has 0 aliphatic heterocycles. The Balaban J connectivity index is 1.73. The average Bonchev–Trinajstić information content (AvgIpc) is 3.14. The summed E-state index contributed by atoms with van der Waals surface area (Å²) in [5.74, 6) is 1.23. The molecule has 2 aliphatic rings. The minimum atomic E-state index is -0.348. The standard InChI is InChI=1S/C18H19FN2O/c1-10-17-11-3-4-12(7-11)18(17)15(9-20-10)21-13-5-6-14(19)16(8-13)22-2/h5-6,8-9,11-12,21H,3-4,7H2,1-2H3. The van der Waals surface area contributed by atoms with Crippen molar-refractivity contribution in [2.45, 2.75) is 38.0 Å². The highest BCUT2D eigenvalue weighted by atomic mass is 19.1. The summed E-state index contributed by atoms with van der Waals surface area (Å²) < 4.78 is 18.6. The molecule has 0 spiro atoms. The number of aryl methyl sites for hydroxylation is 1. The molecule has 2 aliphatic carbocycles. The van der Waals surface area contributed by atoms with E-state index < -0.39 is 0 Å². The van der Waals surface area contributed by atoms with Crippen LogP contribution in [0.15, 0.2) is 24.4 Å². The third-order valence-corrected chi connectivity index (χ3v) is 5.04. The summed E-state index contributed by atoms with van der Waals surface area (Å²) in [6, 6.07) is 4.85. The van der Waals surface area contributed by atoms with E-state index in [2.05, 4.69) is 17.2 Å². The van der Waals surface area contributed by atoms with Crippen LogP contribution in [0.5, 0.6) is 5.75 Å². The number of ether oxygens (including phenoxy) is 1. The van der Waals surface area contributed by atoms with E-state index in [0.29, 0.717) is 11.8 Å². The molecule has 2 atom stereocenters. The zero-order valence-electron chi connectivity index (χ0n) is 12.8. The number of aromatic nitrogens is 1. The predicted molar refractivity (Wildman–Crippen MR) is 84.5 cm³/mol. The Morgan fingerprint density at radius 2 is 2.00 bits per heavy atom. The number of pyridine rings is 1. The van der Waals surface area contributed by atoms with Gasteiger partial charge in [-0.25, -0.2) is 4.39 Å². The number of hydrogen-bond donors (Lipinski definition) is 1. The number of fused-ring (bicyclic) bond motifs is 5. The number of nitrogens with zero attached hydrogens (tertiary/aromatic N) is 1. The molecular weight excluding hydrogens is 279 g/mol. The minimum absolute atomic E-state index is 0.253. The molecule has 3 nitrogen and oxygen atoms in total. The van der Waals surface area contributed by atoms with Gasteiger partial charge in [-0.05, 0) is 61.3 Å². The van der Waals surface area contributed by atoms with Crippen LogP contribution in [-0.4, -0.2) is 12.1 Å². The summed E-state index contributed by atoms with van der Waals surface area (Å²) in [5.41, 5.74) is 5.90. The normalized spacial score (nSPS) is 21.8. The van der Waals surface area contributed by atoms with Gasteiger partial charge in [0.2, 0.25) is 0 Å². The molecule has 22 heavy (non-hydrogen) atoms. The summed E-state index contributed by atoms with van der Waals surface area (Å²) >= 11 is 0. The number of rotatable bonds is 3. The van der Waals surface area contributed by atoms with Crippen molar-refractivity contribution in [1.29, 1.82) is 0 Å². The van der Waals surface area contributed by atoms with Crippen LogP contribution >= 0.6 is 0 Å². The Kier molecular flexibility index (Phi) is 3.06. The lowest BCUT2D eigenvalue weighted by molar-refractivity contribution is 0.387. The maximum atomic E-state index is 13.5. The summed E-state index contributed by atoms with van der Waals surface area (Å²) in [5, 5.41) is 3.41. The average molecular weight is 298 g/mol. The van der Waals surface area contributed by atoms with Crippen LogP contribution in [0.3, 0.4) is 0 Å². The number of hydrogen-bond acceptors (Lipinski definition) is 3. The molecule has 0 saturated heterocycles. The Morgan fingerprint density at radius 3 is 2.77 bits per heavy atom. The van der Waals surface area contributed by atoms with E-state index in [1.54, 1.807) is 12.1 Å². The lowest BCUT2D eigenvalue weighted by Gasteiger charge is -2.21. The van der Waals surface area contributed by atoms with Gasteiger partial charge in [0.1, 0.15) is 0 Å². The van der Waals surface area contributed by atoms with Crippen molar-refractivity contribution in [1.82, 2.24) is 4.98 Å². The summed E-state index contributed by atoms with van der Waals surface area (Å²) in [6.45, 7) is 2.10. The number of benzene rings is 1. The van der Waals surface area contributed by atoms with Crippen molar-refractivity contribution in [3.8, 4) is 5.75 Å². The van der Waals surface area contributed by atoms with Crippen molar-refractivity contribution in [3.63, 3.8) is 0 Å². The number of halogens is 1. The van der Waals surface area contributed by atoms with Gasteiger partial charge in [0.15, 0.2) is 11.6 Å². The second-order valence-corrected chi connectivity index (χ2v) is 6.27. The SMILES string of the molecule is COc1cc(Nc2cnc(C)c3c2C2CCC3C2)ccc1F. The van der Waals surface area contributed by atoms with Gasteiger partial charge >= 0.3 is 0 Å². The van der Waals surface area contributed by atoms with Gasteiger partial charge in [0.25, 0.3) is 0 Å². The van der Waals surface area contributed by atoms with Crippen molar-refractivity contribution < 1.29 is 9.13 Å². The minimum Gasteiger partial charge on any atom is -0.494 e. The lowest BCUT2D eigenvalue weighted by atomic mass is 9.90. The molecule has 1 aromatic carbocycles. The van der Waals surface area contributed by atoms with E-state index in [1.165, 1.54) is 43.6 Å². The van der Waals surface area contributed by atoms with E-state index in [0.717, 1.165) is 17.1 Å². The van der Waals surface area contributed by atoms with E-state index in [1.807, 2.05) is 6.20 Å². The van der Waals surface area contributed by atoms with Crippen molar-refractivity contribution in [2.24, 2.45) is 0 Å². The van der Waals surface area contributed by atoms with Gasteiger partial charge in [-0.2, -0.15) is 0 Å². The fourth-order valence-corrected chi connectivity index (χ4v) is 4.09. The molecule has 2 bridgehead atoms. The van der Waals surface area contributed by atoms with Crippen molar-refractivity contribution in [3.05, 3.63) is 47.0 Å². The van der Waals surface area contributed by atoms with Crippen LogP contribution in [-0.2, 0) is 0 Å². The van der Waals surface area contributed by atoms with Crippen LogP contribution in [0.25, 0.3) is 0 Å². The Hall–Kier alpha value is -2.10. The molecule has 4 heteroatoms. The molecule has 1 aromatic heterocycles. The van der Waals surface area contributed by atoms with Crippen molar-refractivity contribution >= 4 is 11.4 Å². The van der Waals surface area contributed by atoms with Gasteiger partial charge in [-0.3, -0.25) is 4.98 Å². The smallest absolute Gasteiger partial charge is 0.165 e. The fourth-order valence-electron chi connectivity index (χ4n) is 4.09. The fraction of sp³-hybridized carbons (Fsp3) is 0.389. The maximum Gasteiger partial charge on any atom is 0.165 e. The molecule has 2 aromatic rings. The number of nitrogens with one attached hydrogen (secondary N) is 1. The van der Waals surface area contributed by atoms with Crippen LogP contribution in [0.2, 0.25) is 0 Å². The third kappa shape index (κ3) is 1.97. The van der Waals surface area contributed by atoms with Gasteiger partial charge < -0.3 is 10.1 Å². The molecule has 1 heterocycles. The second kappa shape index (κ2) is 4.97. The molecule has 1 N–H and O–H groups in total. The van der Waals surface area contributed by atoms with Gasteiger partial charge in [-0.1, -0.05) is 0 Å². The first-order valence-electron chi connectivity index (χ1n) is 7.77. The highest BCUT2D eigenvalue weighted by Crippen LogP contribution is 2.56. The summed E-state index contributed by atoms with van der Waals surface area (Å²) in [7, 11) is 1.48. The van der Waals surface area contributed by atoms with Crippen LogP contribution in [0.4, 0.5) is 15.8 Å². The Morgan fingerprint density at radius 1 is 1.23 bits per heavy atom. The second-order valence-electron chi connectivity index (χ2n) is 6.27. The number of methoxy groups -OCH3 is 1. The molecule has 1 saturated carbocycles. The summed E-state index contributed by atoms with van der Waals surface area (Å²) in [4.78, 5) is 4.56. The molecule has 1 fully saturated rings. The van der Waals surface area contributed by atoms with Gasteiger partial charge in [0, 0.05) is 17.4 Å². The van der Waals surface area contributed by atoms with Crippen LogP contribution in [0.1, 0.15) is 47.9 Å². The Bertz CT molecular complexity index is 744. The van der Waals surface area contributed by atoms with Crippen LogP contribution < -0.4 is 10.1 Å². The molecular formula is C18H19FN2O. The first-order chi connectivity index (χ1) is 10.7. The van der Waals surface area contributed by atoms with E-state index >= 15 is 0 Å². The molecule has 0 amide bonds. The monoisotopic (exact) mass is 298 g/mol. The molecule has 114 valence electrons. The lowest BCUT2D eigenvalue weighted by Crippen LogP contribution is -2.06. The van der Waals surface area contributed by atoms with E-state index in [-0.39, 0.29) is 11.6 Å². The topological polar surface area (TPSA) is 34.1 Å². The van der Waals surface area contributed by atoms with E-state index in [4.69, 9.17) is 4.74 Å². The molecule has 2 unspecified atom stereocenters. The highest BCUT2D eigenvalue weighted by molar-refractivity contribution is 5.68. The quantitative estimate of drug-likeness (QED) is 0.896. The van der Waals surface area contributed by atoms with Crippen molar-refractivity contribution in [2.75, 3.05) is 12.4 Å². The van der Waals surface area contributed by atoms with E-state index in [9.17, 15) is 4.39 Å². The predicted octanol–water partition coefficient (Wildman–Crippen LogP) is 4.65. The molecule has 0 radical (unpaired) electrons. The third-order valence-electron chi connectivity index (χ3n) is 5.04. The highest BCUT2D eigenvalue weighted by Gasteiger charge is 2.40. The van der Waals surface area contributed by atoms with Gasteiger partial charge in [-0.15, -0.1) is 0 Å². The molecule has 4 rings (SSSR count). The number of anilines is 2. The first kappa shape index (κ1) is 13.6. The zero-order chi connectivity index (χ0) is 15.3. The zero-order valence-corrected chi connectivity index (χ0v) is 12.8. The van der Waals surface area contributed by atoms with Gasteiger partial charge in [0.05, 0.1) is 19.0 Å².